The van der Waals surface area contributed by atoms with Gasteiger partial charge in [-0.05, 0) is 85.1 Å². The fourth-order valence-corrected chi connectivity index (χ4v) is 9.49. The molecule has 1 aliphatic heterocycles. The van der Waals surface area contributed by atoms with Crippen LogP contribution in [0.15, 0.2) is 55.7 Å². The highest BCUT2D eigenvalue weighted by molar-refractivity contribution is 7.99. The molecule has 3 aliphatic rings. The molecular formula is C28H26N4O2S4. The van der Waals surface area contributed by atoms with Crippen LogP contribution in [0.1, 0.15) is 58.3 Å². The van der Waals surface area contributed by atoms with Crippen molar-refractivity contribution in [1.29, 1.82) is 0 Å². The number of nitrogens with one attached hydrogen (secondary N) is 1. The Morgan fingerprint density at radius 1 is 1.13 bits per heavy atom. The Balaban J connectivity index is 1.16. The molecule has 4 aromatic heterocycles. The summed E-state index contributed by atoms with van der Waals surface area (Å²) in [7, 11) is 0. The molecule has 5 heterocycles. The molecule has 0 aromatic carbocycles. The molecule has 2 atom stereocenters. The van der Waals surface area contributed by atoms with Crippen molar-refractivity contribution in [2.75, 3.05) is 5.75 Å². The van der Waals surface area contributed by atoms with Gasteiger partial charge in [0.1, 0.15) is 4.83 Å². The summed E-state index contributed by atoms with van der Waals surface area (Å²) in [6.45, 7) is 0. The summed E-state index contributed by atoms with van der Waals surface area (Å²) >= 11 is 6.34. The lowest BCUT2D eigenvalue weighted by molar-refractivity contribution is -0.130. The van der Waals surface area contributed by atoms with E-state index in [2.05, 4.69) is 40.0 Å². The summed E-state index contributed by atoms with van der Waals surface area (Å²) in [5.41, 5.74) is 3.39. The molecule has 4 aromatic rings. The summed E-state index contributed by atoms with van der Waals surface area (Å²) < 4.78 is 0. The van der Waals surface area contributed by atoms with Crippen LogP contribution in [-0.4, -0.2) is 32.3 Å². The Kier molecular flexibility index (Phi) is 6.59. The Hall–Kier alpha value is -2.53. The van der Waals surface area contributed by atoms with Crippen LogP contribution in [0.25, 0.3) is 16.3 Å². The first kappa shape index (κ1) is 24.5. The van der Waals surface area contributed by atoms with Gasteiger partial charge in [0.15, 0.2) is 5.16 Å². The average Bonchev–Trinajstić information content (AvgIpc) is 3.72. The number of nitrogens with zero attached hydrogens (tertiary/aromatic N) is 3. The average molecular weight is 579 g/mol. The van der Waals surface area contributed by atoms with Gasteiger partial charge >= 0.3 is 0 Å². The largest absolute Gasteiger partial charge is 0.301 e. The maximum atomic E-state index is 13.7. The van der Waals surface area contributed by atoms with E-state index >= 15 is 0 Å². The van der Waals surface area contributed by atoms with Crippen LogP contribution in [0.3, 0.4) is 0 Å². The first-order valence-corrected chi connectivity index (χ1v) is 16.6. The number of hydrazone groups is 1. The second kappa shape index (κ2) is 10.2. The molecule has 1 N–H and O–H groups in total. The van der Waals surface area contributed by atoms with Gasteiger partial charge in [0.2, 0.25) is 0 Å². The minimum Gasteiger partial charge on any atom is -0.301 e. The smallest absolute Gasteiger partial charge is 0.260 e. The van der Waals surface area contributed by atoms with Gasteiger partial charge in [0, 0.05) is 20.5 Å². The molecule has 7 rings (SSSR count). The fourth-order valence-electron chi connectivity index (χ4n) is 5.90. The summed E-state index contributed by atoms with van der Waals surface area (Å²) in [5.74, 6) is 0.322. The summed E-state index contributed by atoms with van der Waals surface area (Å²) in [6, 6.07) is 8.27. The molecule has 194 valence electrons. The van der Waals surface area contributed by atoms with Crippen molar-refractivity contribution in [3.63, 3.8) is 0 Å². The lowest BCUT2D eigenvalue weighted by atomic mass is 9.79. The number of rotatable bonds is 5. The van der Waals surface area contributed by atoms with Crippen molar-refractivity contribution in [3.05, 3.63) is 71.1 Å². The molecule has 38 heavy (non-hydrogen) atoms. The van der Waals surface area contributed by atoms with E-state index in [1.807, 2.05) is 6.07 Å². The van der Waals surface area contributed by atoms with E-state index in [9.17, 15) is 9.59 Å². The first-order valence-electron chi connectivity index (χ1n) is 13.0. The molecule has 0 spiro atoms. The zero-order valence-electron chi connectivity index (χ0n) is 20.6. The number of hydrogen-bond acceptors (Lipinski definition) is 8. The second-order valence-electron chi connectivity index (χ2n) is 9.92. The van der Waals surface area contributed by atoms with Crippen molar-refractivity contribution < 1.29 is 4.79 Å². The van der Waals surface area contributed by atoms with Gasteiger partial charge in [-0.3, -0.25) is 9.59 Å². The predicted octanol–water partition coefficient (Wildman–Crippen LogP) is 6.90. The molecular weight excluding hydrogens is 553 g/mol. The number of thioether (sulfide) groups is 1. The van der Waals surface area contributed by atoms with Crippen molar-refractivity contribution >= 4 is 73.7 Å². The van der Waals surface area contributed by atoms with Crippen molar-refractivity contribution in [1.82, 2.24) is 15.0 Å². The summed E-state index contributed by atoms with van der Waals surface area (Å²) in [5, 5.41) is 12.1. The number of H-pyrrole nitrogens is 1. The predicted molar refractivity (Wildman–Crippen MR) is 159 cm³/mol. The van der Waals surface area contributed by atoms with Crippen LogP contribution in [0.5, 0.6) is 0 Å². The van der Waals surface area contributed by atoms with E-state index in [-0.39, 0.29) is 29.2 Å². The molecule has 0 saturated heterocycles. The number of carbonyl (C=O) groups excluding carboxylic acids is 1. The van der Waals surface area contributed by atoms with E-state index in [0.717, 1.165) is 54.5 Å². The van der Waals surface area contributed by atoms with Crippen LogP contribution in [0.4, 0.5) is 0 Å². The van der Waals surface area contributed by atoms with Gasteiger partial charge in [0.25, 0.3) is 11.5 Å². The highest BCUT2D eigenvalue weighted by atomic mass is 32.2. The van der Waals surface area contributed by atoms with Crippen LogP contribution >= 0.6 is 45.8 Å². The van der Waals surface area contributed by atoms with Gasteiger partial charge in [-0.15, -0.1) is 34.0 Å². The number of allylic oxidation sites excluding steroid dienone is 1. The molecule has 1 saturated carbocycles. The number of aromatic nitrogens is 2. The van der Waals surface area contributed by atoms with E-state index in [0.29, 0.717) is 5.16 Å². The lowest BCUT2D eigenvalue weighted by Gasteiger charge is -2.28. The van der Waals surface area contributed by atoms with Gasteiger partial charge in [-0.25, -0.2) is 9.99 Å². The third-order valence-electron chi connectivity index (χ3n) is 7.59. The van der Waals surface area contributed by atoms with E-state index in [1.54, 1.807) is 39.0 Å². The van der Waals surface area contributed by atoms with Gasteiger partial charge in [0.05, 0.1) is 22.9 Å². The van der Waals surface area contributed by atoms with Gasteiger partial charge in [-0.1, -0.05) is 23.9 Å². The van der Waals surface area contributed by atoms with Crippen LogP contribution in [0.2, 0.25) is 0 Å². The Morgan fingerprint density at radius 3 is 2.84 bits per heavy atom. The highest BCUT2D eigenvalue weighted by Gasteiger charge is 2.44. The van der Waals surface area contributed by atoms with Crippen molar-refractivity contribution in [2.45, 2.75) is 56.1 Å². The van der Waals surface area contributed by atoms with E-state index < -0.39 is 0 Å². The molecule has 0 bridgehead atoms. The molecule has 1 fully saturated rings. The van der Waals surface area contributed by atoms with E-state index in [1.165, 1.54) is 44.0 Å². The Morgan fingerprint density at radius 2 is 2.00 bits per heavy atom. The number of aromatic amines is 1. The number of amides is 1. The normalized spacial score (nSPS) is 22.1. The van der Waals surface area contributed by atoms with Gasteiger partial charge < -0.3 is 4.98 Å². The van der Waals surface area contributed by atoms with Crippen molar-refractivity contribution in [3.8, 4) is 0 Å². The highest BCUT2D eigenvalue weighted by Crippen LogP contribution is 2.46. The zero-order valence-corrected chi connectivity index (χ0v) is 23.9. The summed E-state index contributed by atoms with van der Waals surface area (Å²) in [6.07, 6.45) is 9.62. The van der Waals surface area contributed by atoms with Gasteiger partial charge in [-0.2, -0.15) is 5.10 Å². The summed E-state index contributed by atoms with van der Waals surface area (Å²) in [4.78, 5) is 38.8. The molecule has 2 aliphatic carbocycles. The SMILES string of the molecule is O=C(CSc1nc2sc3c(c2c(=O)[nH]1)CCCC3)N1N=C2/C(=C\c3cccs3)CCC[C@@H]2[C@@H]1c1cccs1. The first-order chi connectivity index (χ1) is 18.7. The number of aryl methyl sites for hydroxylation is 2. The number of hydrogen-bond donors (Lipinski definition) is 1. The zero-order chi connectivity index (χ0) is 25.6. The number of carbonyl (C=O) groups is 1. The monoisotopic (exact) mass is 578 g/mol. The molecule has 6 nitrogen and oxygen atoms in total. The maximum Gasteiger partial charge on any atom is 0.260 e. The van der Waals surface area contributed by atoms with Crippen molar-refractivity contribution in [2.24, 2.45) is 11.0 Å². The van der Waals surface area contributed by atoms with E-state index in [4.69, 9.17) is 10.1 Å². The molecule has 0 unspecified atom stereocenters. The van der Waals surface area contributed by atoms with Crippen LogP contribution in [-0.2, 0) is 17.6 Å². The Bertz CT molecular complexity index is 1610. The molecule has 0 radical (unpaired) electrons. The topological polar surface area (TPSA) is 78.4 Å². The standard InChI is InChI=1S/C28H26N4O2S4/c33-22(15-37-28-29-26(34)23-18-8-1-2-10-20(18)38-27(23)30-28)32-25(21-11-5-13-36-21)19-9-3-6-16(24(19)31-32)14-17-7-4-12-35-17/h4-5,7,11-14,19,25H,1-3,6,8-10,15H2,(H,29,30,34)/b16-14-/t19-,25+/m0/s1. The van der Waals surface area contributed by atoms with Crippen LogP contribution < -0.4 is 5.56 Å². The minimum absolute atomic E-state index is 0.0565. The fraction of sp³-hybridized carbons (Fsp3) is 0.357. The lowest BCUT2D eigenvalue weighted by Crippen LogP contribution is -2.32. The number of thiophene rings is 3. The van der Waals surface area contributed by atoms with Crippen LogP contribution in [0, 0.1) is 5.92 Å². The Labute approximate surface area is 236 Å². The third kappa shape index (κ3) is 4.41. The maximum absolute atomic E-state index is 13.7. The quantitative estimate of drug-likeness (QED) is 0.206. The molecule has 10 heteroatoms. The second-order valence-corrected chi connectivity index (χ2v) is 13.9. The number of fused-ring (bicyclic) bond motifs is 4. The minimum atomic E-state index is -0.0865. The third-order valence-corrected chi connectivity index (χ3v) is 11.4. The molecule has 1 amide bonds.